The van der Waals surface area contributed by atoms with E-state index in [9.17, 15) is 9.59 Å². The molecule has 0 N–H and O–H groups in total. The highest BCUT2D eigenvalue weighted by Crippen LogP contribution is 2.39. The highest BCUT2D eigenvalue weighted by molar-refractivity contribution is 6.39. The average Bonchev–Trinajstić information content (AvgIpc) is 2.72. The number of anilines is 1. The van der Waals surface area contributed by atoms with Crippen molar-refractivity contribution in [1.29, 1.82) is 0 Å². The van der Waals surface area contributed by atoms with Gasteiger partial charge in [-0.3, -0.25) is 9.69 Å². The Morgan fingerprint density at radius 1 is 1.19 bits per heavy atom. The molecular formula is C14H12Cl2N2O3. The van der Waals surface area contributed by atoms with Gasteiger partial charge >= 0.3 is 6.03 Å². The van der Waals surface area contributed by atoms with Crippen LogP contribution in [0.15, 0.2) is 23.9 Å². The van der Waals surface area contributed by atoms with Crippen molar-refractivity contribution in [2.24, 2.45) is 0 Å². The Kier molecular flexibility index (Phi) is 3.55. The van der Waals surface area contributed by atoms with E-state index in [0.29, 0.717) is 23.0 Å². The number of nitrogens with zero attached hydrogens (tertiary/aromatic N) is 2. The molecule has 7 heteroatoms. The van der Waals surface area contributed by atoms with Crippen molar-refractivity contribution in [2.75, 3.05) is 18.6 Å². The number of fused-ring (bicyclic) bond motifs is 1. The number of allylic oxidation sites excluding steroid dienone is 1. The van der Waals surface area contributed by atoms with E-state index in [-0.39, 0.29) is 16.6 Å². The summed E-state index contributed by atoms with van der Waals surface area (Å²) in [6, 6.07) is 2.57. The van der Waals surface area contributed by atoms with Crippen molar-refractivity contribution >= 4 is 40.8 Å². The van der Waals surface area contributed by atoms with E-state index in [4.69, 9.17) is 27.9 Å². The predicted molar refractivity (Wildman–Crippen MR) is 79.9 cm³/mol. The Bertz CT molecular complexity index is 672. The molecule has 0 saturated carbocycles. The van der Waals surface area contributed by atoms with Gasteiger partial charge in [0.15, 0.2) is 0 Å². The van der Waals surface area contributed by atoms with Gasteiger partial charge in [0.2, 0.25) is 0 Å². The second kappa shape index (κ2) is 5.24. The van der Waals surface area contributed by atoms with Crippen LogP contribution in [0.3, 0.4) is 0 Å². The number of methoxy groups -OCH3 is 1. The lowest BCUT2D eigenvalue weighted by Gasteiger charge is -2.20. The zero-order valence-corrected chi connectivity index (χ0v) is 12.7. The van der Waals surface area contributed by atoms with E-state index in [1.54, 1.807) is 6.08 Å². The van der Waals surface area contributed by atoms with Crippen molar-refractivity contribution in [3.63, 3.8) is 0 Å². The Balaban J connectivity index is 2.09. The highest BCUT2D eigenvalue weighted by Gasteiger charge is 2.43. The summed E-state index contributed by atoms with van der Waals surface area (Å²) >= 11 is 12.1. The van der Waals surface area contributed by atoms with E-state index in [0.717, 1.165) is 17.7 Å². The first-order valence-electron chi connectivity index (χ1n) is 6.43. The summed E-state index contributed by atoms with van der Waals surface area (Å²) in [5.41, 5.74) is 0.694. The molecule has 110 valence electrons. The van der Waals surface area contributed by atoms with Gasteiger partial charge in [-0.15, -0.1) is 0 Å². The van der Waals surface area contributed by atoms with E-state index in [2.05, 4.69) is 0 Å². The number of hydrogen-bond acceptors (Lipinski definition) is 3. The number of amides is 3. The number of ether oxygens (including phenoxy) is 1. The third-order valence-electron chi connectivity index (χ3n) is 3.52. The highest BCUT2D eigenvalue weighted by atomic mass is 35.5. The molecule has 3 amide bonds. The van der Waals surface area contributed by atoms with Crippen LogP contribution in [0, 0.1) is 0 Å². The predicted octanol–water partition coefficient (Wildman–Crippen LogP) is 3.45. The van der Waals surface area contributed by atoms with Crippen LogP contribution in [-0.2, 0) is 4.79 Å². The van der Waals surface area contributed by atoms with E-state index >= 15 is 0 Å². The molecule has 0 radical (unpaired) electrons. The lowest BCUT2D eigenvalue weighted by Crippen LogP contribution is -2.33. The minimum absolute atomic E-state index is 0.225. The Morgan fingerprint density at radius 2 is 1.95 bits per heavy atom. The van der Waals surface area contributed by atoms with Crippen LogP contribution in [0.2, 0.25) is 10.0 Å². The van der Waals surface area contributed by atoms with Gasteiger partial charge in [0.05, 0.1) is 22.8 Å². The fourth-order valence-electron chi connectivity index (χ4n) is 2.50. The lowest BCUT2D eigenvalue weighted by atomic mass is 10.2. The molecule has 1 fully saturated rings. The maximum absolute atomic E-state index is 12.5. The van der Waals surface area contributed by atoms with Crippen LogP contribution >= 0.6 is 23.2 Å². The van der Waals surface area contributed by atoms with Gasteiger partial charge in [0.25, 0.3) is 5.91 Å². The van der Waals surface area contributed by atoms with Crippen LogP contribution in [0.25, 0.3) is 0 Å². The number of benzene rings is 1. The van der Waals surface area contributed by atoms with Crippen molar-refractivity contribution in [3.05, 3.63) is 34.0 Å². The molecule has 0 bridgehead atoms. The Morgan fingerprint density at radius 3 is 2.62 bits per heavy atom. The number of hydrogen-bond donors (Lipinski definition) is 0. The first-order valence-corrected chi connectivity index (χ1v) is 7.19. The summed E-state index contributed by atoms with van der Waals surface area (Å²) in [5.74, 6) is -0.0125. The number of imide groups is 1. The molecule has 2 aliphatic rings. The average molecular weight is 327 g/mol. The normalized spacial score (nSPS) is 18.0. The van der Waals surface area contributed by atoms with E-state index < -0.39 is 6.03 Å². The number of rotatable bonds is 2. The molecule has 0 aliphatic carbocycles. The second-order valence-electron chi connectivity index (χ2n) is 4.74. The SMILES string of the molecule is COc1cc(N2C(=O)C3=CCCCN3C2=O)c(Cl)cc1Cl. The molecule has 2 aliphatic heterocycles. The van der Waals surface area contributed by atoms with Gasteiger partial charge < -0.3 is 4.74 Å². The fourth-order valence-corrected chi connectivity index (χ4v) is 3.05. The number of urea groups is 1. The van der Waals surface area contributed by atoms with Gasteiger partial charge in [-0.1, -0.05) is 29.3 Å². The molecule has 1 aromatic carbocycles. The fraction of sp³-hybridized carbons (Fsp3) is 0.286. The van der Waals surface area contributed by atoms with Crippen molar-refractivity contribution in [3.8, 4) is 5.75 Å². The molecule has 0 unspecified atom stereocenters. The van der Waals surface area contributed by atoms with Crippen molar-refractivity contribution < 1.29 is 14.3 Å². The van der Waals surface area contributed by atoms with Gasteiger partial charge in [-0.2, -0.15) is 0 Å². The van der Waals surface area contributed by atoms with Gasteiger partial charge in [-0.05, 0) is 18.9 Å². The molecule has 0 spiro atoms. The van der Waals surface area contributed by atoms with E-state index in [1.807, 2.05) is 0 Å². The minimum atomic E-state index is -0.391. The lowest BCUT2D eigenvalue weighted by molar-refractivity contribution is -0.114. The molecule has 1 saturated heterocycles. The smallest absolute Gasteiger partial charge is 0.336 e. The first kappa shape index (κ1) is 14.2. The number of halogens is 2. The number of carbonyl (C=O) groups is 2. The number of carbonyl (C=O) groups excluding carboxylic acids is 2. The molecule has 0 aromatic heterocycles. The summed E-state index contributed by atoms with van der Waals surface area (Å²) in [5, 5.41) is 0.547. The Hall–Kier alpha value is -1.72. The topological polar surface area (TPSA) is 49.9 Å². The van der Waals surface area contributed by atoms with Gasteiger partial charge in [-0.25, -0.2) is 9.69 Å². The second-order valence-corrected chi connectivity index (χ2v) is 5.56. The quantitative estimate of drug-likeness (QED) is 0.782. The largest absolute Gasteiger partial charge is 0.495 e. The molecule has 3 rings (SSSR count). The molecule has 5 nitrogen and oxygen atoms in total. The summed E-state index contributed by atoms with van der Waals surface area (Å²) in [7, 11) is 1.46. The first-order chi connectivity index (χ1) is 10.0. The maximum Gasteiger partial charge on any atom is 0.336 e. The molecule has 21 heavy (non-hydrogen) atoms. The monoisotopic (exact) mass is 326 g/mol. The minimum Gasteiger partial charge on any atom is -0.495 e. The van der Waals surface area contributed by atoms with E-state index in [1.165, 1.54) is 24.1 Å². The van der Waals surface area contributed by atoms with Crippen LogP contribution in [0.5, 0.6) is 5.75 Å². The maximum atomic E-state index is 12.5. The molecular weight excluding hydrogens is 315 g/mol. The third-order valence-corrected chi connectivity index (χ3v) is 4.12. The summed E-state index contributed by atoms with van der Waals surface area (Å²) in [4.78, 5) is 27.4. The summed E-state index contributed by atoms with van der Waals surface area (Å²) in [6.07, 6.45) is 3.41. The zero-order valence-electron chi connectivity index (χ0n) is 11.2. The van der Waals surface area contributed by atoms with Crippen molar-refractivity contribution in [1.82, 2.24) is 4.90 Å². The van der Waals surface area contributed by atoms with Crippen LogP contribution in [0.4, 0.5) is 10.5 Å². The molecule has 0 atom stereocenters. The van der Waals surface area contributed by atoms with Gasteiger partial charge in [0, 0.05) is 12.6 Å². The third kappa shape index (κ3) is 2.17. The van der Waals surface area contributed by atoms with Gasteiger partial charge in [0.1, 0.15) is 11.4 Å². The van der Waals surface area contributed by atoms with Crippen LogP contribution in [0.1, 0.15) is 12.8 Å². The zero-order chi connectivity index (χ0) is 15.1. The summed E-state index contributed by atoms with van der Waals surface area (Å²) in [6.45, 7) is 0.537. The summed E-state index contributed by atoms with van der Waals surface area (Å²) < 4.78 is 5.12. The standard InChI is InChI=1S/C14H12Cl2N2O3/c1-21-12-7-11(8(15)6-9(12)16)18-13(19)10-4-2-3-5-17(10)14(18)20/h4,6-7H,2-3,5H2,1H3. The van der Waals surface area contributed by atoms with Crippen molar-refractivity contribution in [2.45, 2.75) is 12.8 Å². The molecule has 1 aromatic rings. The Labute approximate surface area is 131 Å². The van der Waals surface area contributed by atoms with Crippen LogP contribution in [-0.4, -0.2) is 30.5 Å². The molecule has 2 heterocycles. The van der Waals surface area contributed by atoms with Crippen LogP contribution < -0.4 is 9.64 Å².